The van der Waals surface area contributed by atoms with E-state index in [2.05, 4.69) is 11.4 Å². The molecule has 0 fully saturated rings. The van der Waals surface area contributed by atoms with E-state index >= 15 is 0 Å². The van der Waals surface area contributed by atoms with Crippen LogP contribution in [0.5, 0.6) is 0 Å². The summed E-state index contributed by atoms with van der Waals surface area (Å²) in [6.45, 7) is 1.32. The maximum Gasteiger partial charge on any atom is 0.223 e. The molecule has 1 rings (SSSR count). The van der Waals surface area contributed by atoms with Crippen LogP contribution in [0.2, 0.25) is 0 Å². The predicted molar refractivity (Wildman–Crippen MR) is 65.1 cm³/mol. The lowest BCUT2D eigenvalue weighted by atomic mass is 10.3. The van der Waals surface area contributed by atoms with Crippen LogP contribution in [0.4, 0.5) is 0 Å². The Hall–Kier alpha value is -1.80. The molecule has 0 unspecified atom stereocenters. The van der Waals surface area contributed by atoms with Crippen LogP contribution in [-0.4, -0.2) is 36.0 Å². The highest BCUT2D eigenvalue weighted by molar-refractivity contribution is 5.75. The van der Waals surface area contributed by atoms with Crippen LogP contribution in [0.15, 0.2) is 12.3 Å². The highest BCUT2D eigenvalue weighted by Crippen LogP contribution is 2.05. The Morgan fingerprint density at radius 1 is 1.59 bits per heavy atom. The van der Waals surface area contributed by atoms with E-state index in [0.29, 0.717) is 25.2 Å². The number of nitrogens with one attached hydrogen (secondary N) is 1. The van der Waals surface area contributed by atoms with E-state index in [1.807, 2.05) is 19.3 Å². The number of amides is 1. The summed E-state index contributed by atoms with van der Waals surface area (Å²) >= 11 is 0. The molecular weight excluding hydrogens is 216 g/mol. The third-order valence-electron chi connectivity index (χ3n) is 2.52. The number of carbonyl (C=O) groups excluding carboxylic acids is 1. The van der Waals surface area contributed by atoms with Crippen molar-refractivity contribution in [3.05, 3.63) is 23.5 Å². The standard InChI is InChI=1S/C12H18N4O/c1-15(2)12(17)4-5-14-8-10-6-11(7-13)16(3)9-10/h6,9,14H,4-5,8H2,1-3H3. The van der Waals surface area contributed by atoms with Gasteiger partial charge < -0.3 is 14.8 Å². The average Bonchev–Trinajstić information content (AvgIpc) is 2.64. The Labute approximate surface area is 102 Å². The van der Waals surface area contributed by atoms with Gasteiger partial charge in [-0.2, -0.15) is 5.26 Å². The molecule has 1 N–H and O–H groups in total. The van der Waals surface area contributed by atoms with Crippen LogP contribution in [0.3, 0.4) is 0 Å². The third-order valence-corrected chi connectivity index (χ3v) is 2.52. The Bertz CT molecular complexity index is 428. The summed E-state index contributed by atoms with van der Waals surface area (Å²) in [5.74, 6) is 0.114. The van der Waals surface area contributed by atoms with Gasteiger partial charge in [-0.3, -0.25) is 4.79 Å². The van der Waals surface area contributed by atoms with Crippen molar-refractivity contribution in [3.63, 3.8) is 0 Å². The Kier molecular flexibility index (Phi) is 4.73. The number of rotatable bonds is 5. The molecule has 0 bridgehead atoms. The summed E-state index contributed by atoms with van der Waals surface area (Å²) in [7, 11) is 5.34. The average molecular weight is 234 g/mol. The summed E-state index contributed by atoms with van der Waals surface area (Å²) < 4.78 is 1.79. The minimum Gasteiger partial charge on any atom is -0.349 e. The van der Waals surface area contributed by atoms with E-state index in [9.17, 15) is 4.79 Å². The SMILES string of the molecule is CN(C)C(=O)CCNCc1cc(C#N)n(C)c1. The minimum atomic E-state index is 0.114. The zero-order valence-electron chi connectivity index (χ0n) is 10.5. The van der Waals surface area contributed by atoms with Gasteiger partial charge in [0, 0.05) is 46.9 Å². The maximum absolute atomic E-state index is 11.3. The van der Waals surface area contributed by atoms with Gasteiger partial charge >= 0.3 is 0 Å². The first-order valence-electron chi connectivity index (χ1n) is 5.51. The normalized spacial score (nSPS) is 10.0. The second-order valence-corrected chi connectivity index (χ2v) is 4.17. The molecule has 92 valence electrons. The number of aryl methyl sites for hydroxylation is 1. The third kappa shape index (κ3) is 3.93. The Morgan fingerprint density at radius 2 is 2.29 bits per heavy atom. The highest BCUT2D eigenvalue weighted by atomic mass is 16.2. The Balaban J connectivity index is 2.32. The monoisotopic (exact) mass is 234 g/mol. The predicted octanol–water partition coefficient (Wildman–Crippen LogP) is 0.465. The first kappa shape index (κ1) is 13.3. The van der Waals surface area contributed by atoms with E-state index in [1.54, 1.807) is 23.6 Å². The number of aromatic nitrogens is 1. The van der Waals surface area contributed by atoms with Gasteiger partial charge in [0.1, 0.15) is 11.8 Å². The minimum absolute atomic E-state index is 0.114. The fourth-order valence-electron chi connectivity index (χ4n) is 1.49. The van der Waals surface area contributed by atoms with Crippen LogP contribution in [0.25, 0.3) is 0 Å². The molecular formula is C12H18N4O. The molecule has 0 spiro atoms. The molecule has 0 atom stereocenters. The van der Waals surface area contributed by atoms with Crippen molar-refractivity contribution in [1.29, 1.82) is 5.26 Å². The lowest BCUT2D eigenvalue weighted by Gasteiger charge is -2.09. The summed E-state index contributed by atoms with van der Waals surface area (Å²) in [5.41, 5.74) is 1.70. The highest BCUT2D eigenvalue weighted by Gasteiger charge is 2.04. The molecule has 0 aromatic carbocycles. The van der Waals surface area contributed by atoms with E-state index in [0.717, 1.165) is 5.56 Å². The van der Waals surface area contributed by atoms with E-state index in [1.165, 1.54) is 0 Å². The van der Waals surface area contributed by atoms with E-state index in [-0.39, 0.29) is 5.91 Å². The van der Waals surface area contributed by atoms with Crippen molar-refractivity contribution in [2.75, 3.05) is 20.6 Å². The lowest BCUT2D eigenvalue weighted by molar-refractivity contribution is -0.128. The smallest absolute Gasteiger partial charge is 0.223 e. The number of nitrogens with zero attached hydrogens (tertiary/aromatic N) is 3. The molecule has 0 saturated carbocycles. The number of hydrogen-bond acceptors (Lipinski definition) is 3. The largest absolute Gasteiger partial charge is 0.349 e. The van der Waals surface area contributed by atoms with Crippen LogP contribution >= 0.6 is 0 Å². The number of hydrogen-bond donors (Lipinski definition) is 1. The topological polar surface area (TPSA) is 61.1 Å². The zero-order chi connectivity index (χ0) is 12.8. The van der Waals surface area contributed by atoms with Gasteiger partial charge in [0.25, 0.3) is 0 Å². The van der Waals surface area contributed by atoms with Crippen molar-refractivity contribution < 1.29 is 4.79 Å². The quantitative estimate of drug-likeness (QED) is 0.753. The summed E-state index contributed by atoms with van der Waals surface area (Å²) in [5, 5.41) is 12.0. The number of nitriles is 1. The first-order chi connectivity index (χ1) is 8.04. The van der Waals surface area contributed by atoms with Gasteiger partial charge in [0.15, 0.2) is 0 Å². The molecule has 0 aliphatic carbocycles. The van der Waals surface area contributed by atoms with E-state index in [4.69, 9.17) is 5.26 Å². The van der Waals surface area contributed by atoms with E-state index < -0.39 is 0 Å². The van der Waals surface area contributed by atoms with Gasteiger partial charge in [0.2, 0.25) is 5.91 Å². The van der Waals surface area contributed by atoms with Crippen LogP contribution in [-0.2, 0) is 18.4 Å². The van der Waals surface area contributed by atoms with Crippen molar-refractivity contribution in [3.8, 4) is 6.07 Å². The first-order valence-corrected chi connectivity index (χ1v) is 5.51. The molecule has 0 saturated heterocycles. The van der Waals surface area contributed by atoms with Gasteiger partial charge in [-0.1, -0.05) is 0 Å². The zero-order valence-corrected chi connectivity index (χ0v) is 10.5. The molecule has 1 amide bonds. The molecule has 5 nitrogen and oxygen atoms in total. The van der Waals surface area contributed by atoms with Crippen molar-refractivity contribution in [1.82, 2.24) is 14.8 Å². The molecule has 1 aromatic heterocycles. The van der Waals surface area contributed by atoms with Crippen molar-refractivity contribution in [2.45, 2.75) is 13.0 Å². The second kappa shape index (κ2) is 6.06. The maximum atomic E-state index is 11.3. The molecule has 1 heterocycles. The molecule has 0 aliphatic heterocycles. The molecule has 1 aromatic rings. The van der Waals surface area contributed by atoms with Gasteiger partial charge in [0.05, 0.1) is 0 Å². The van der Waals surface area contributed by atoms with Crippen LogP contribution < -0.4 is 5.32 Å². The summed E-state index contributed by atoms with van der Waals surface area (Å²) in [6, 6.07) is 3.96. The van der Waals surface area contributed by atoms with Crippen molar-refractivity contribution >= 4 is 5.91 Å². The van der Waals surface area contributed by atoms with Gasteiger partial charge in [-0.25, -0.2) is 0 Å². The fourth-order valence-corrected chi connectivity index (χ4v) is 1.49. The molecule has 5 heteroatoms. The van der Waals surface area contributed by atoms with Crippen LogP contribution in [0.1, 0.15) is 17.7 Å². The number of carbonyl (C=O) groups is 1. The van der Waals surface area contributed by atoms with Crippen LogP contribution in [0, 0.1) is 11.3 Å². The molecule has 0 radical (unpaired) electrons. The molecule has 0 aliphatic rings. The van der Waals surface area contributed by atoms with Gasteiger partial charge in [-0.05, 0) is 11.6 Å². The van der Waals surface area contributed by atoms with Gasteiger partial charge in [-0.15, -0.1) is 0 Å². The fraction of sp³-hybridized carbons (Fsp3) is 0.500. The Morgan fingerprint density at radius 3 is 2.82 bits per heavy atom. The lowest BCUT2D eigenvalue weighted by Crippen LogP contribution is -2.26. The summed E-state index contributed by atoms with van der Waals surface area (Å²) in [4.78, 5) is 12.9. The summed E-state index contributed by atoms with van der Waals surface area (Å²) in [6.07, 6.45) is 2.41. The second-order valence-electron chi connectivity index (χ2n) is 4.17. The van der Waals surface area contributed by atoms with Crippen molar-refractivity contribution in [2.24, 2.45) is 7.05 Å². The molecule has 17 heavy (non-hydrogen) atoms.